The zero-order chi connectivity index (χ0) is 18.5. The molecule has 1 aromatic heterocycles. The van der Waals surface area contributed by atoms with Crippen molar-refractivity contribution in [3.63, 3.8) is 0 Å². The highest BCUT2D eigenvalue weighted by atomic mass is 79.9. The van der Waals surface area contributed by atoms with Gasteiger partial charge in [-0.3, -0.25) is 9.89 Å². The van der Waals surface area contributed by atoms with Crippen LogP contribution in [0, 0.1) is 0 Å². The first kappa shape index (κ1) is 18.7. The molecule has 26 heavy (non-hydrogen) atoms. The van der Waals surface area contributed by atoms with Gasteiger partial charge in [-0.05, 0) is 18.6 Å². The topological polar surface area (TPSA) is 61.9 Å². The van der Waals surface area contributed by atoms with E-state index in [0.29, 0.717) is 17.5 Å². The minimum Gasteiger partial charge on any atom is -0.340 e. The molecule has 1 heterocycles. The number of halogens is 1. The summed E-state index contributed by atoms with van der Waals surface area (Å²) in [7, 11) is 1.82. The summed E-state index contributed by atoms with van der Waals surface area (Å²) in [6.45, 7) is 2.46. The number of aromatic nitrogens is 3. The summed E-state index contributed by atoms with van der Waals surface area (Å²) in [6.07, 6.45) is 0. The lowest BCUT2D eigenvalue weighted by Crippen LogP contribution is -2.32. The van der Waals surface area contributed by atoms with E-state index >= 15 is 0 Å². The van der Waals surface area contributed by atoms with Crippen LogP contribution in [0.15, 0.2) is 64.2 Å². The van der Waals surface area contributed by atoms with E-state index in [4.69, 9.17) is 0 Å². The third-order valence-electron chi connectivity index (χ3n) is 3.86. The summed E-state index contributed by atoms with van der Waals surface area (Å²) in [5.74, 6) is 0.725. The van der Waals surface area contributed by atoms with Crippen LogP contribution >= 0.6 is 27.7 Å². The molecule has 0 saturated carbocycles. The number of aromatic amines is 1. The zero-order valence-electron chi connectivity index (χ0n) is 14.5. The number of H-pyrrole nitrogens is 1. The number of rotatable bonds is 6. The maximum absolute atomic E-state index is 12.6. The Morgan fingerprint density at radius 2 is 1.88 bits per heavy atom. The third kappa shape index (κ3) is 4.53. The van der Waals surface area contributed by atoms with Gasteiger partial charge in [0.05, 0.1) is 5.25 Å². The number of hydrogen-bond donors (Lipinski definition) is 1. The molecule has 3 aromatic rings. The fraction of sp³-hybridized carbons (Fsp3) is 0.211. The van der Waals surface area contributed by atoms with Gasteiger partial charge in [-0.25, -0.2) is 4.98 Å². The second kappa shape index (κ2) is 8.51. The van der Waals surface area contributed by atoms with Crippen LogP contribution in [0.3, 0.4) is 0 Å². The van der Waals surface area contributed by atoms with Crippen LogP contribution in [-0.4, -0.2) is 38.3 Å². The first-order valence-corrected chi connectivity index (χ1v) is 9.84. The fourth-order valence-corrected chi connectivity index (χ4v) is 3.84. The predicted molar refractivity (Wildman–Crippen MR) is 108 cm³/mol. The number of carbonyl (C=O) groups is 1. The first-order valence-electron chi connectivity index (χ1n) is 8.17. The van der Waals surface area contributed by atoms with E-state index in [1.54, 1.807) is 4.90 Å². The van der Waals surface area contributed by atoms with E-state index in [9.17, 15) is 4.79 Å². The number of thioether (sulfide) groups is 1. The second-order valence-electron chi connectivity index (χ2n) is 5.89. The Bertz CT molecular complexity index is 884. The minimum atomic E-state index is -0.272. The van der Waals surface area contributed by atoms with E-state index in [1.807, 2.05) is 68.6 Å². The molecular weight excluding hydrogens is 412 g/mol. The minimum absolute atomic E-state index is 0.0473. The molecule has 1 atom stereocenters. The number of amides is 1. The van der Waals surface area contributed by atoms with Crippen molar-refractivity contribution in [3.05, 3.63) is 64.6 Å². The summed E-state index contributed by atoms with van der Waals surface area (Å²) in [5, 5.41) is 7.46. The Morgan fingerprint density at radius 1 is 1.19 bits per heavy atom. The van der Waals surface area contributed by atoms with E-state index in [1.165, 1.54) is 11.8 Å². The summed E-state index contributed by atoms with van der Waals surface area (Å²) >= 11 is 4.86. The Hall–Kier alpha value is -2.12. The quantitative estimate of drug-likeness (QED) is 0.589. The standard InChI is InChI=1S/C19H19BrN4OS/c1-13(18(25)24(2)12-14-8-4-3-5-9-14)26-19-21-17(22-23-19)15-10-6-7-11-16(15)20/h3-11,13H,12H2,1-2H3,(H,21,22,23)/t13-/m0/s1. The highest BCUT2D eigenvalue weighted by Gasteiger charge is 2.21. The molecule has 1 amide bonds. The van der Waals surface area contributed by atoms with Crippen molar-refractivity contribution >= 4 is 33.6 Å². The lowest BCUT2D eigenvalue weighted by atomic mass is 10.2. The first-order chi connectivity index (χ1) is 12.5. The van der Waals surface area contributed by atoms with Crippen molar-refractivity contribution in [2.45, 2.75) is 23.9 Å². The van der Waals surface area contributed by atoms with Crippen LogP contribution in [0.1, 0.15) is 12.5 Å². The number of carbonyl (C=O) groups excluding carboxylic acids is 1. The Morgan fingerprint density at radius 3 is 2.62 bits per heavy atom. The van der Waals surface area contributed by atoms with Gasteiger partial charge >= 0.3 is 0 Å². The molecule has 0 radical (unpaired) electrons. The van der Waals surface area contributed by atoms with Gasteiger partial charge in [0, 0.05) is 23.6 Å². The van der Waals surface area contributed by atoms with Crippen molar-refractivity contribution in [2.24, 2.45) is 0 Å². The van der Waals surface area contributed by atoms with Crippen LogP contribution in [-0.2, 0) is 11.3 Å². The maximum atomic E-state index is 12.6. The highest BCUT2D eigenvalue weighted by Crippen LogP contribution is 2.28. The van der Waals surface area contributed by atoms with Crippen LogP contribution in [0.4, 0.5) is 0 Å². The fourth-order valence-electron chi connectivity index (χ4n) is 2.53. The molecule has 0 fully saturated rings. The summed E-state index contributed by atoms with van der Waals surface area (Å²) < 4.78 is 0.944. The molecule has 134 valence electrons. The van der Waals surface area contributed by atoms with Gasteiger partial charge in [0.2, 0.25) is 11.1 Å². The highest BCUT2D eigenvalue weighted by molar-refractivity contribution is 9.10. The van der Waals surface area contributed by atoms with Gasteiger partial charge in [-0.15, -0.1) is 5.10 Å². The second-order valence-corrected chi connectivity index (χ2v) is 8.05. The lowest BCUT2D eigenvalue weighted by Gasteiger charge is -2.20. The van der Waals surface area contributed by atoms with E-state index < -0.39 is 0 Å². The molecule has 3 rings (SSSR count). The number of nitrogens with zero attached hydrogens (tertiary/aromatic N) is 3. The number of hydrogen-bond acceptors (Lipinski definition) is 4. The molecule has 5 nitrogen and oxygen atoms in total. The molecule has 0 aliphatic rings. The number of benzene rings is 2. The molecule has 0 aliphatic heterocycles. The van der Waals surface area contributed by atoms with Gasteiger partial charge in [-0.2, -0.15) is 0 Å². The average Bonchev–Trinajstić information content (AvgIpc) is 3.10. The van der Waals surface area contributed by atoms with Crippen LogP contribution in [0.2, 0.25) is 0 Å². The largest absolute Gasteiger partial charge is 0.340 e. The molecule has 1 N–H and O–H groups in total. The Kier molecular flexibility index (Phi) is 6.11. The Labute approximate surface area is 165 Å². The van der Waals surface area contributed by atoms with Crippen LogP contribution < -0.4 is 0 Å². The van der Waals surface area contributed by atoms with Gasteiger partial charge < -0.3 is 4.90 Å². The molecule has 2 aromatic carbocycles. The average molecular weight is 431 g/mol. The Balaban J connectivity index is 1.63. The molecule has 7 heteroatoms. The van der Waals surface area contributed by atoms with E-state index in [-0.39, 0.29) is 11.2 Å². The SMILES string of the molecule is C[C@H](Sc1n[nH]c(-c2ccccc2Br)n1)C(=O)N(C)Cc1ccccc1. The summed E-state index contributed by atoms with van der Waals surface area (Å²) in [4.78, 5) is 18.8. The predicted octanol–water partition coefficient (Wildman–Crippen LogP) is 4.37. The molecule has 0 bridgehead atoms. The maximum Gasteiger partial charge on any atom is 0.235 e. The third-order valence-corrected chi connectivity index (χ3v) is 5.50. The molecule has 0 spiro atoms. The lowest BCUT2D eigenvalue weighted by molar-refractivity contribution is -0.129. The van der Waals surface area contributed by atoms with Gasteiger partial charge in [0.25, 0.3) is 0 Å². The summed E-state index contributed by atoms with van der Waals surface area (Å²) in [6, 6.07) is 17.8. The van der Waals surface area contributed by atoms with Crippen molar-refractivity contribution in [1.82, 2.24) is 20.1 Å². The van der Waals surface area contributed by atoms with E-state index in [2.05, 4.69) is 31.1 Å². The molecule has 0 unspecified atom stereocenters. The van der Waals surface area contributed by atoms with Crippen molar-refractivity contribution in [2.75, 3.05) is 7.05 Å². The molecule has 0 saturated heterocycles. The molecule has 0 aliphatic carbocycles. The van der Waals surface area contributed by atoms with Gasteiger partial charge in [0.1, 0.15) is 0 Å². The van der Waals surface area contributed by atoms with Gasteiger partial charge in [-0.1, -0.05) is 76.2 Å². The van der Waals surface area contributed by atoms with Crippen LogP contribution in [0.5, 0.6) is 0 Å². The van der Waals surface area contributed by atoms with Crippen LogP contribution in [0.25, 0.3) is 11.4 Å². The van der Waals surface area contributed by atoms with Crippen molar-refractivity contribution < 1.29 is 4.79 Å². The smallest absolute Gasteiger partial charge is 0.235 e. The van der Waals surface area contributed by atoms with Gasteiger partial charge in [0.15, 0.2) is 5.82 Å². The normalized spacial score (nSPS) is 12.0. The van der Waals surface area contributed by atoms with E-state index in [0.717, 1.165) is 15.6 Å². The monoisotopic (exact) mass is 430 g/mol. The number of nitrogens with one attached hydrogen (secondary N) is 1. The van der Waals surface area contributed by atoms with Crippen molar-refractivity contribution in [1.29, 1.82) is 0 Å². The molecular formula is C19H19BrN4OS. The summed E-state index contributed by atoms with van der Waals surface area (Å²) in [5.41, 5.74) is 2.04. The zero-order valence-corrected chi connectivity index (χ0v) is 16.9. The van der Waals surface area contributed by atoms with Crippen molar-refractivity contribution in [3.8, 4) is 11.4 Å².